The Bertz CT molecular complexity index is 101. The summed E-state index contributed by atoms with van der Waals surface area (Å²) in [6.07, 6.45) is 2.09. The highest BCUT2D eigenvalue weighted by Crippen LogP contribution is 2.20. The van der Waals surface area contributed by atoms with Crippen LogP contribution in [0.15, 0.2) is 0 Å². The second-order valence-corrected chi connectivity index (χ2v) is 2.91. The SMILES string of the molecule is Cl.NC1(CCF)CCOCC1. The maximum atomic E-state index is 11.9. The Labute approximate surface area is 72.7 Å². The van der Waals surface area contributed by atoms with Crippen LogP contribution in [0.2, 0.25) is 0 Å². The van der Waals surface area contributed by atoms with Crippen molar-refractivity contribution in [3.8, 4) is 0 Å². The van der Waals surface area contributed by atoms with Crippen LogP contribution in [0.5, 0.6) is 0 Å². The average Bonchev–Trinajstić information content (AvgIpc) is 1.89. The molecule has 0 aliphatic carbocycles. The molecule has 0 atom stereocenters. The van der Waals surface area contributed by atoms with Crippen LogP contribution in [-0.4, -0.2) is 25.4 Å². The highest BCUT2D eigenvalue weighted by Gasteiger charge is 2.26. The monoisotopic (exact) mass is 183 g/mol. The van der Waals surface area contributed by atoms with Gasteiger partial charge in [-0.15, -0.1) is 12.4 Å². The smallest absolute Gasteiger partial charge is 0.0912 e. The van der Waals surface area contributed by atoms with Gasteiger partial charge in [0.15, 0.2) is 0 Å². The predicted octanol–water partition coefficient (Wildman–Crippen LogP) is 1.28. The Morgan fingerprint density at radius 2 is 1.91 bits per heavy atom. The normalized spacial score (nSPS) is 22.4. The van der Waals surface area contributed by atoms with Crippen molar-refractivity contribution in [2.45, 2.75) is 24.8 Å². The van der Waals surface area contributed by atoms with E-state index < -0.39 is 0 Å². The van der Waals surface area contributed by atoms with E-state index in [-0.39, 0.29) is 24.6 Å². The number of halogens is 2. The first-order chi connectivity index (χ1) is 4.77. The number of hydrogen-bond acceptors (Lipinski definition) is 2. The van der Waals surface area contributed by atoms with E-state index in [1.54, 1.807) is 0 Å². The second kappa shape index (κ2) is 4.91. The Morgan fingerprint density at radius 3 is 2.36 bits per heavy atom. The van der Waals surface area contributed by atoms with Crippen molar-refractivity contribution in [2.75, 3.05) is 19.9 Å². The molecule has 0 aromatic heterocycles. The Hall–Kier alpha value is 0.140. The minimum absolute atomic E-state index is 0. The molecular formula is C7H15ClFNO. The highest BCUT2D eigenvalue weighted by molar-refractivity contribution is 5.85. The van der Waals surface area contributed by atoms with E-state index in [9.17, 15) is 4.39 Å². The third kappa shape index (κ3) is 3.36. The first kappa shape index (κ1) is 11.1. The molecule has 11 heavy (non-hydrogen) atoms. The molecule has 0 bridgehead atoms. The van der Waals surface area contributed by atoms with Gasteiger partial charge in [0, 0.05) is 18.8 Å². The molecule has 0 aromatic carbocycles. The third-order valence-corrected chi connectivity index (χ3v) is 2.08. The van der Waals surface area contributed by atoms with Gasteiger partial charge in [-0.2, -0.15) is 0 Å². The molecular weight excluding hydrogens is 169 g/mol. The van der Waals surface area contributed by atoms with Gasteiger partial charge in [-0.1, -0.05) is 0 Å². The standard InChI is InChI=1S/C7H14FNO.ClH/c8-4-1-7(9)2-5-10-6-3-7;/h1-6,9H2;1H. The molecule has 0 unspecified atom stereocenters. The summed E-state index contributed by atoms with van der Waals surface area (Å²) in [4.78, 5) is 0. The third-order valence-electron chi connectivity index (χ3n) is 2.08. The van der Waals surface area contributed by atoms with Crippen LogP contribution >= 0.6 is 12.4 Å². The largest absolute Gasteiger partial charge is 0.381 e. The number of nitrogens with two attached hydrogens (primary N) is 1. The van der Waals surface area contributed by atoms with E-state index in [0.29, 0.717) is 19.6 Å². The summed E-state index contributed by atoms with van der Waals surface area (Å²) < 4.78 is 17.0. The maximum absolute atomic E-state index is 11.9. The molecule has 1 rings (SSSR count). The van der Waals surface area contributed by atoms with Crippen LogP contribution in [0.4, 0.5) is 4.39 Å². The van der Waals surface area contributed by atoms with Gasteiger partial charge in [0.25, 0.3) is 0 Å². The van der Waals surface area contributed by atoms with E-state index in [2.05, 4.69) is 0 Å². The Balaban J connectivity index is 0.000001000. The van der Waals surface area contributed by atoms with Gasteiger partial charge < -0.3 is 10.5 Å². The van der Waals surface area contributed by atoms with E-state index >= 15 is 0 Å². The topological polar surface area (TPSA) is 35.2 Å². The summed E-state index contributed by atoms with van der Waals surface area (Å²) in [5.41, 5.74) is 5.58. The molecule has 0 radical (unpaired) electrons. The molecule has 1 aliphatic rings. The van der Waals surface area contributed by atoms with Crippen molar-refractivity contribution >= 4 is 12.4 Å². The zero-order valence-corrected chi connectivity index (χ0v) is 7.33. The van der Waals surface area contributed by atoms with Crippen molar-refractivity contribution in [2.24, 2.45) is 5.73 Å². The minimum atomic E-state index is -0.309. The maximum Gasteiger partial charge on any atom is 0.0912 e. The Morgan fingerprint density at radius 1 is 1.36 bits per heavy atom. The minimum Gasteiger partial charge on any atom is -0.381 e. The highest BCUT2D eigenvalue weighted by atomic mass is 35.5. The molecule has 1 saturated heterocycles. The molecule has 0 amide bonds. The zero-order chi connectivity index (χ0) is 7.45. The summed E-state index contributed by atoms with van der Waals surface area (Å²) in [5, 5.41) is 0. The fourth-order valence-electron chi connectivity index (χ4n) is 1.22. The summed E-state index contributed by atoms with van der Waals surface area (Å²) in [7, 11) is 0. The van der Waals surface area contributed by atoms with Gasteiger partial charge in [-0.25, -0.2) is 0 Å². The number of rotatable bonds is 2. The van der Waals surface area contributed by atoms with E-state index in [1.165, 1.54) is 0 Å². The molecule has 0 saturated carbocycles. The summed E-state index contributed by atoms with van der Waals surface area (Å²) in [6.45, 7) is 1.07. The molecule has 2 nitrogen and oxygen atoms in total. The number of hydrogen-bond donors (Lipinski definition) is 1. The first-order valence-corrected chi connectivity index (χ1v) is 3.69. The van der Waals surface area contributed by atoms with E-state index in [1.807, 2.05) is 0 Å². The lowest BCUT2D eigenvalue weighted by molar-refractivity contribution is 0.0479. The van der Waals surface area contributed by atoms with Gasteiger partial charge >= 0.3 is 0 Å². The molecule has 1 heterocycles. The summed E-state index contributed by atoms with van der Waals surface area (Å²) >= 11 is 0. The van der Waals surface area contributed by atoms with Gasteiger partial charge in [-0.3, -0.25) is 4.39 Å². The van der Waals surface area contributed by atoms with Gasteiger partial charge in [-0.05, 0) is 19.3 Å². The average molecular weight is 184 g/mol. The lowest BCUT2D eigenvalue weighted by Gasteiger charge is -2.32. The van der Waals surface area contributed by atoms with Gasteiger partial charge in [0.1, 0.15) is 0 Å². The van der Waals surface area contributed by atoms with Crippen LogP contribution in [0.25, 0.3) is 0 Å². The fraction of sp³-hybridized carbons (Fsp3) is 1.00. The molecule has 68 valence electrons. The van der Waals surface area contributed by atoms with Crippen molar-refractivity contribution in [1.82, 2.24) is 0 Å². The van der Waals surface area contributed by atoms with Crippen LogP contribution in [0, 0.1) is 0 Å². The molecule has 1 fully saturated rings. The fourth-order valence-corrected chi connectivity index (χ4v) is 1.22. The quantitative estimate of drug-likeness (QED) is 0.700. The van der Waals surface area contributed by atoms with E-state index in [0.717, 1.165) is 12.8 Å². The molecule has 0 aromatic rings. The van der Waals surface area contributed by atoms with Crippen LogP contribution < -0.4 is 5.73 Å². The summed E-state index contributed by atoms with van der Waals surface area (Å²) in [5.74, 6) is 0. The molecule has 1 aliphatic heterocycles. The lowest BCUT2D eigenvalue weighted by Crippen LogP contribution is -2.45. The van der Waals surface area contributed by atoms with Crippen molar-refractivity contribution < 1.29 is 9.13 Å². The van der Waals surface area contributed by atoms with Crippen molar-refractivity contribution in [1.29, 1.82) is 0 Å². The molecule has 0 spiro atoms. The van der Waals surface area contributed by atoms with Crippen LogP contribution in [0.3, 0.4) is 0 Å². The zero-order valence-electron chi connectivity index (χ0n) is 6.51. The lowest BCUT2D eigenvalue weighted by atomic mass is 9.88. The van der Waals surface area contributed by atoms with Gasteiger partial charge in [0.05, 0.1) is 6.67 Å². The summed E-state index contributed by atoms with van der Waals surface area (Å²) in [6, 6.07) is 0. The number of ether oxygens (including phenoxy) is 1. The first-order valence-electron chi connectivity index (χ1n) is 3.69. The van der Waals surface area contributed by atoms with Crippen LogP contribution in [-0.2, 0) is 4.74 Å². The van der Waals surface area contributed by atoms with Crippen LogP contribution in [0.1, 0.15) is 19.3 Å². The Kier molecular flexibility index (Phi) is 4.97. The molecule has 2 N–H and O–H groups in total. The molecule has 4 heteroatoms. The predicted molar refractivity (Wildman–Crippen MR) is 44.8 cm³/mol. The second-order valence-electron chi connectivity index (χ2n) is 2.91. The van der Waals surface area contributed by atoms with E-state index in [4.69, 9.17) is 10.5 Å². The van der Waals surface area contributed by atoms with Gasteiger partial charge in [0.2, 0.25) is 0 Å². The number of alkyl halides is 1. The van der Waals surface area contributed by atoms with Crippen molar-refractivity contribution in [3.63, 3.8) is 0 Å². The van der Waals surface area contributed by atoms with Crippen molar-refractivity contribution in [3.05, 3.63) is 0 Å².